The van der Waals surface area contributed by atoms with Crippen LogP contribution in [0.5, 0.6) is 11.5 Å². The SMILES string of the molecule is CCOc1cc(-c2nc(N)nc(N)c2C#N)c(Br)cc1O. The second kappa shape index (κ2) is 5.85. The number of ether oxygens (including phenoxy) is 1. The molecule has 2 rings (SSSR count). The molecule has 108 valence electrons. The molecule has 0 radical (unpaired) electrons. The van der Waals surface area contributed by atoms with Gasteiger partial charge in [-0.15, -0.1) is 0 Å². The molecule has 5 N–H and O–H groups in total. The molecule has 0 aliphatic rings. The van der Waals surface area contributed by atoms with Gasteiger partial charge in [0.15, 0.2) is 11.5 Å². The topological polar surface area (TPSA) is 131 Å². The van der Waals surface area contributed by atoms with E-state index < -0.39 is 0 Å². The fourth-order valence-corrected chi connectivity index (χ4v) is 2.32. The number of benzene rings is 1. The Morgan fingerprint density at radius 2 is 2.10 bits per heavy atom. The second-order valence-electron chi connectivity index (χ2n) is 4.04. The summed E-state index contributed by atoms with van der Waals surface area (Å²) < 4.78 is 5.85. The van der Waals surface area contributed by atoms with Gasteiger partial charge in [-0.3, -0.25) is 0 Å². The van der Waals surface area contributed by atoms with Crippen LogP contribution in [0.1, 0.15) is 12.5 Å². The summed E-state index contributed by atoms with van der Waals surface area (Å²) in [6.45, 7) is 2.18. The standard InChI is InChI=1S/C13H12BrN5O2/c1-2-21-10-3-6(8(14)4-9(10)20)11-7(5-15)12(16)19-13(17)18-11/h3-4,20H,2H2,1H3,(H4,16,17,18,19). The Balaban J connectivity index is 2.73. The molecule has 0 saturated carbocycles. The van der Waals surface area contributed by atoms with E-state index >= 15 is 0 Å². The molecule has 7 nitrogen and oxygen atoms in total. The van der Waals surface area contributed by atoms with Gasteiger partial charge >= 0.3 is 0 Å². The zero-order chi connectivity index (χ0) is 15.6. The van der Waals surface area contributed by atoms with Crippen LogP contribution in [0.2, 0.25) is 0 Å². The molecule has 0 fully saturated rings. The summed E-state index contributed by atoms with van der Waals surface area (Å²) in [5.41, 5.74) is 12.2. The van der Waals surface area contributed by atoms with Crippen molar-refractivity contribution in [2.75, 3.05) is 18.1 Å². The predicted molar refractivity (Wildman–Crippen MR) is 81.5 cm³/mol. The lowest BCUT2D eigenvalue weighted by molar-refractivity contribution is 0.318. The van der Waals surface area contributed by atoms with Crippen molar-refractivity contribution in [3.63, 3.8) is 0 Å². The number of nitrogen functional groups attached to an aromatic ring is 2. The first-order valence-electron chi connectivity index (χ1n) is 5.96. The Kier molecular flexibility index (Phi) is 4.14. The Morgan fingerprint density at radius 3 is 2.71 bits per heavy atom. The molecule has 0 aliphatic carbocycles. The lowest BCUT2D eigenvalue weighted by Crippen LogP contribution is -2.05. The number of aromatic nitrogens is 2. The van der Waals surface area contributed by atoms with Crippen LogP contribution < -0.4 is 16.2 Å². The fraction of sp³-hybridized carbons (Fsp3) is 0.154. The van der Waals surface area contributed by atoms with Gasteiger partial charge in [-0.05, 0) is 35.0 Å². The number of rotatable bonds is 3. The van der Waals surface area contributed by atoms with E-state index in [1.165, 1.54) is 6.07 Å². The van der Waals surface area contributed by atoms with Crippen LogP contribution in [0.15, 0.2) is 16.6 Å². The van der Waals surface area contributed by atoms with Gasteiger partial charge in [0.1, 0.15) is 17.5 Å². The molecule has 1 aromatic carbocycles. The molecule has 0 spiro atoms. The number of anilines is 2. The monoisotopic (exact) mass is 349 g/mol. The zero-order valence-corrected chi connectivity index (χ0v) is 12.7. The van der Waals surface area contributed by atoms with Crippen molar-refractivity contribution >= 4 is 27.7 Å². The number of nitriles is 1. The lowest BCUT2D eigenvalue weighted by Gasteiger charge is -2.12. The molecule has 0 aliphatic heterocycles. The van der Waals surface area contributed by atoms with Crippen molar-refractivity contribution in [1.82, 2.24) is 9.97 Å². The third-order valence-corrected chi connectivity index (χ3v) is 3.33. The van der Waals surface area contributed by atoms with E-state index in [1.54, 1.807) is 13.0 Å². The Bertz CT molecular complexity index is 742. The van der Waals surface area contributed by atoms with Crippen molar-refractivity contribution < 1.29 is 9.84 Å². The average molecular weight is 350 g/mol. The molecule has 2 aromatic rings. The minimum atomic E-state index is -0.0422. The lowest BCUT2D eigenvalue weighted by atomic mass is 10.1. The number of hydrogen-bond acceptors (Lipinski definition) is 7. The summed E-state index contributed by atoms with van der Waals surface area (Å²) in [5.74, 6) is 0.202. The molecule has 8 heteroatoms. The summed E-state index contributed by atoms with van der Waals surface area (Å²) in [5, 5.41) is 19.1. The van der Waals surface area contributed by atoms with E-state index in [0.29, 0.717) is 16.6 Å². The molecule has 0 bridgehead atoms. The van der Waals surface area contributed by atoms with E-state index in [1.807, 2.05) is 6.07 Å². The van der Waals surface area contributed by atoms with E-state index in [2.05, 4.69) is 25.9 Å². The molecule has 0 unspecified atom stereocenters. The highest BCUT2D eigenvalue weighted by atomic mass is 79.9. The Hall–Kier alpha value is -2.53. The minimum Gasteiger partial charge on any atom is -0.504 e. The van der Waals surface area contributed by atoms with Crippen LogP contribution in [-0.4, -0.2) is 21.7 Å². The number of aromatic hydroxyl groups is 1. The summed E-state index contributed by atoms with van der Waals surface area (Å²) in [7, 11) is 0. The normalized spacial score (nSPS) is 10.1. The van der Waals surface area contributed by atoms with Crippen LogP contribution in [0.25, 0.3) is 11.3 Å². The number of halogens is 1. The number of nitrogens with zero attached hydrogens (tertiary/aromatic N) is 3. The number of nitrogens with two attached hydrogens (primary N) is 2. The number of phenolic OH excluding ortho intramolecular Hbond substituents is 1. The maximum Gasteiger partial charge on any atom is 0.222 e. The van der Waals surface area contributed by atoms with Gasteiger partial charge in [0, 0.05) is 10.0 Å². The first-order valence-corrected chi connectivity index (χ1v) is 6.76. The smallest absolute Gasteiger partial charge is 0.222 e. The third-order valence-electron chi connectivity index (χ3n) is 2.67. The maximum atomic E-state index is 9.83. The largest absolute Gasteiger partial charge is 0.504 e. The molecule has 1 heterocycles. The van der Waals surface area contributed by atoms with E-state index in [-0.39, 0.29) is 34.5 Å². The van der Waals surface area contributed by atoms with Gasteiger partial charge in [-0.2, -0.15) is 10.2 Å². The first-order chi connectivity index (χ1) is 9.97. The molecular formula is C13H12BrN5O2. The molecule has 0 saturated heterocycles. The predicted octanol–water partition coefficient (Wildman–Crippen LogP) is 2.05. The Morgan fingerprint density at radius 1 is 1.38 bits per heavy atom. The van der Waals surface area contributed by atoms with Crippen LogP contribution in [-0.2, 0) is 0 Å². The third kappa shape index (κ3) is 2.83. The molecule has 1 aromatic heterocycles. The van der Waals surface area contributed by atoms with E-state index in [0.717, 1.165) is 0 Å². The number of phenols is 1. The summed E-state index contributed by atoms with van der Waals surface area (Å²) in [6.07, 6.45) is 0. The highest BCUT2D eigenvalue weighted by molar-refractivity contribution is 9.10. The van der Waals surface area contributed by atoms with Crippen LogP contribution in [0.3, 0.4) is 0 Å². The van der Waals surface area contributed by atoms with Gasteiger partial charge in [-0.25, -0.2) is 4.98 Å². The molecule has 0 atom stereocenters. The van der Waals surface area contributed by atoms with Crippen LogP contribution in [0.4, 0.5) is 11.8 Å². The van der Waals surface area contributed by atoms with E-state index in [9.17, 15) is 10.4 Å². The highest BCUT2D eigenvalue weighted by Gasteiger charge is 2.18. The Labute approximate surface area is 129 Å². The summed E-state index contributed by atoms with van der Waals surface area (Å²) in [6, 6.07) is 4.97. The molecule has 0 amide bonds. The quantitative estimate of drug-likeness (QED) is 0.772. The van der Waals surface area contributed by atoms with Gasteiger partial charge in [0.2, 0.25) is 5.95 Å². The van der Waals surface area contributed by atoms with Crippen molar-refractivity contribution in [1.29, 1.82) is 5.26 Å². The molecule has 21 heavy (non-hydrogen) atoms. The summed E-state index contributed by atoms with van der Waals surface area (Å²) >= 11 is 3.31. The average Bonchev–Trinajstić information content (AvgIpc) is 2.41. The van der Waals surface area contributed by atoms with Gasteiger partial charge in [0.05, 0.1) is 12.3 Å². The number of hydrogen-bond donors (Lipinski definition) is 3. The van der Waals surface area contributed by atoms with Gasteiger partial charge in [-0.1, -0.05) is 0 Å². The van der Waals surface area contributed by atoms with Crippen molar-refractivity contribution in [2.45, 2.75) is 6.92 Å². The van der Waals surface area contributed by atoms with Crippen molar-refractivity contribution in [3.8, 4) is 28.8 Å². The second-order valence-corrected chi connectivity index (χ2v) is 4.89. The van der Waals surface area contributed by atoms with Crippen LogP contribution >= 0.6 is 15.9 Å². The van der Waals surface area contributed by atoms with E-state index in [4.69, 9.17) is 16.2 Å². The minimum absolute atomic E-state index is 0.00191. The maximum absolute atomic E-state index is 9.83. The zero-order valence-electron chi connectivity index (χ0n) is 11.1. The van der Waals surface area contributed by atoms with Crippen molar-refractivity contribution in [3.05, 3.63) is 22.2 Å². The highest BCUT2D eigenvalue weighted by Crippen LogP contribution is 2.39. The van der Waals surface area contributed by atoms with Crippen molar-refractivity contribution in [2.24, 2.45) is 0 Å². The molecular weight excluding hydrogens is 338 g/mol. The summed E-state index contributed by atoms with van der Waals surface area (Å²) in [4.78, 5) is 7.83. The van der Waals surface area contributed by atoms with Gasteiger partial charge in [0.25, 0.3) is 0 Å². The fourth-order valence-electron chi connectivity index (χ4n) is 1.80. The first kappa shape index (κ1) is 14.9. The van der Waals surface area contributed by atoms with Gasteiger partial charge < -0.3 is 21.3 Å². The van der Waals surface area contributed by atoms with Crippen LogP contribution in [0, 0.1) is 11.3 Å².